The highest BCUT2D eigenvalue weighted by molar-refractivity contribution is 7.19. The van der Waals surface area contributed by atoms with Crippen molar-refractivity contribution in [3.63, 3.8) is 0 Å². The minimum Gasteiger partial charge on any atom is -0.381 e. The van der Waals surface area contributed by atoms with E-state index in [1.54, 1.807) is 0 Å². The van der Waals surface area contributed by atoms with Crippen molar-refractivity contribution in [1.29, 1.82) is 0 Å². The Morgan fingerprint density at radius 3 is 3.00 bits per heavy atom. The molecule has 0 amide bonds. The van der Waals surface area contributed by atoms with E-state index in [4.69, 9.17) is 10.5 Å². The molecule has 1 aromatic heterocycles. The normalized spacial score (nSPS) is 22.7. The van der Waals surface area contributed by atoms with E-state index in [1.807, 2.05) is 11.3 Å². The Bertz CT molecular complexity index is 454. The van der Waals surface area contributed by atoms with E-state index >= 15 is 0 Å². The molecule has 0 saturated carbocycles. The number of hydrogen-bond donors (Lipinski definition) is 1. The van der Waals surface area contributed by atoms with Crippen LogP contribution in [0, 0.1) is 5.92 Å². The van der Waals surface area contributed by atoms with Gasteiger partial charge in [-0.2, -0.15) is 0 Å². The van der Waals surface area contributed by atoms with Crippen molar-refractivity contribution < 1.29 is 4.74 Å². The molecule has 84 valence electrons. The van der Waals surface area contributed by atoms with E-state index in [1.165, 1.54) is 15.0 Å². The predicted octanol–water partition coefficient (Wildman–Crippen LogP) is 2.94. The molecule has 0 radical (unpaired) electrons. The molecule has 3 rings (SSSR count). The Morgan fingerprint density at radius 1 is 1.38 bits per heavy atom. The summed E-state index contributed by atoms with van der Waals surface area (Å²) in [6.45, 7) is 1.68. The summed E-state index contributed by atoms with van der Waals surface area (Å²) in [5, 5.41) is 1.30. The van der Waals surface area contributed by atoms with Crippen LogP contribution >= 0.6 is 11.3 Å². The Kier molecular flexibility index (Phi) is 2.67. The molecule has 2 unspecified atom stereocenters. The first kappa shape index (κ1) is 10.3. The number of ether oxygens (including phenoxy) is 1. The molecule has 1 aliphatic heterocycles. The first-order valence-corrected chi connectivity index (χ1v) is 6.48. The zero-order valence-corrected chi connectivity index (χ0v) is 9.87. The molecule has 2 atom stereocenters. The first-order chi connectivity index (χ1) is 7.84. The standard InChI is InChI=1S/C13H15NOS/c14-13(10-5-6-15-8-10)12-7-9-3-1-2-4-11(9)16-12/h1-4,7,10,13H,5-6,8,14H2. The number of hydrogen-bond acceptors (Lipinski definition) is 3. The van der Waals surface area contributed by atoms with Crippen molar-refractivity contribution in [3.05, 3.63) is 35.2 Å². The van der Waals surface area contributed by atoms with E-state index in [-0.39, 0.29) is 6.04 Å². The summed E-state index contributed by atoms with van der Waals surface area (Å²) in [7, 11) is 0. The van der Waals surface area contributed by atoms with Crippen LogP contribution in [0.4, 0.5) is 0 Å². The quantitative estimate of drug-likeness (QED) is 0.865. The second-order valence-corrected chi connectivity index (χ2v) is 5.45. The van der Waals surface area contributed by atoms with Crippen molar-refractivity contribution in [2.24, 2.45) is 11.7 Å². The smallest absolute Gasteiger partial charge is 0.0513 e. The van der Waals surface area contributed by atoms with Crippen LogP contribution in [0.2, 0.25) is 0 Å². The number of thiophene rings is 1. The third-order valence-corrected chi connectivity index (χ3v) is 4.46. The minimum atomic E-state index is 0.139. The van der Waals surface area contributed by atoms with Gasteiger partial charge in [-0.3, -0.25) is 0 Å². The van der Waals surface area contributed by atoms with Crippen LogP contribution in [0.5, 0.6) is 0 Å². The largest absolute Gasteiger partial charge is 0.381 e. The first-order valence-electron chi connectivity index (χ1n) is 5.66. The fourth-order valence-corrected chi connectivity index (χ4v) is 3.39. The van der Waals surface area contributed by atoms with Crippen LogP contribution < -0.4 is 5.73 Å². The predicted molar refractivity (Wildman–Crippen MR) is 67.7 cm³/mol. The topological polar surface area (TPSA) is 35.2 Å². The monoisotopic (exact) mass is 233 g/mol. The Labute approximate surface area is 99.0 Å². The van der Waals surface area contributed by atoms with Crippen molar-refractivity contribution in [3.8, 4) is 0 Å². The molecule has 2 aromatic rings. The van der Waals surface area contributed by atoms with Gasteiger partial charge in [-0.25, -0.2) is 0 Å². The Balaban J connectivity index is 1.92. The number of benzene rings is 1. The molecule has 2 N–H and O–H groups in total. The van der Waals surface area contributed by atoms with Gasteiger partial charge in [0.2, 0.25) is 0 Å². The molecule has 1 aliphatic rings. The zero-order chi connectivity index (χ0) is 11.0. The summed E-state index contributed by atoms with van der Waals surface area (Å²) in [6, 6.07) is 10.8. The van der Waals surface area contributed by atoms with E-state index in [9.17, 15) is 0 Å². The maximum atomic E-state index is 6.29. The van der Waals surface area contributed by atoms with Gasteiger partial charge in [0.05, 0.1) is 6.61 Å². The average Bonchev–Trinajstić information content (AvgIpc) is 2.97. The molecular weight excluding hydrogens is 218 g/mol. The van der Waals surface area contributed by atoms with Gasteiger partial charge in [0.1, 0.15) is 0 Å². The molecule has 2 heterocycles. The molecule has 0 aliphatic carbocycles. The molecule has 3 heteroatoms. The van der Waals surface area contributed by atoms with E-state index < -0.39 is 0 Å². The van der Waals surface area contributed by atoms with Gasteiger partial charge in [0.15, 0.2) is 0 Å². The molecule has 2 nitrogen and oxygen atoms in total. The minimum absolute atomic E-state index is 0.139. The maximum Gasteiger partial charge on any atom is 0.0513 e. The van der Waals surface area contributed by atoms with E-state index in [0.29, 0.717) is 5.92 Å². The summed E-state index contributed by atoms with van der Waals surface area (Å²) in [6.07, 6.45) is 1.09. The third-order valence-electron chi connectivity index (χ3n) is 3.25. The molecule has 0 spiro atoms. The maximum absolute atomic E-state index is 6.29. The molecule has 0 bridgehead atoms. The highest BCUT2D eigenvalue weighted by Gasteiger charge is 2.25. The number of nitrogens with two attached hydrogens (primary N) is 1. The SMILES string of the molecule is NC(c1cc2ccccc2s1)C1CCOC1. The highest BCUT2D eigenvalue weighted by Crippen LogP contribution is 2.34. The van der Waals surface area contributed by atoms with Gasteiger partial charge >= 0.3 is 0 Å². The molecular formula is C13H15NOS. The second kappa shape index (κ2) is 4.17. The third kappa shape index (κ3) is 1.75. The Morgan fingerprint density at radius 2 is 2.25 bits per heavy atom. The van der Waals surface area contributed by atoms with Crippen molar-refractivity contribution in [2.75, 3.05) is 13.2 Å². The fraction of sp³-hybridized carbons (Fsp3) is 0.385. The van der Waals surface area contributed by atoms with Gasteiger partial charge in [-0.05, 0) is 23.9 Å². The van der Waals surface area contributed by atoms with Gasteiger partial charge in [-0.15, -0.1) is 11.3 Å². The van der Waals surface area contributed by atoms with Crippen LogP contribution in [0.25, 0.3) is 10.1 Å². The molecule has 1 saturated heterocycles. The van der Waals surface area contributed by atoms with Crippen LogP contribution in [-0.2, 0) is 4.74 Å². The van der Waals surface area contributed by atoms with Gasteiger partial charge in [0.25, 0.3) is 0 Å². The van der Waals surface area contributed by atoms with E-state index in [2.05, 4.69) is 30.3 Å². The summed E-state index contributed by atoms with van der Waals surface area (Å²) >= 11 is 1.81. The van der Waals surface area contributed by atoms with Crippen LogP contribution in [0.3, 0.4) is 0 Å². The second-order valence-electron chi connectivity index (χ2n) is 4.34. The summed E-state index contributed by atoms with van der Waals surface area (Å²) in [5.41, 5.74) is 6.29. The lowest BCUT2D eigenvalue weighted by Gasteiger charge is -2.15. The summed E-state index contributed by atoms with van der Waals surface area (Å²) in [5.74, 6) is 0.494. The number of rotatable bonds is 2. The van der Waals surface area contributed by atoms with Crippen LogP contribution in [0.1, 0.15) is 17.3 Å². The number of fused-ring (bicyclic) bond motifs is 1. The fourth-order valence-electron chi connectivity index (χ4n) is 2.23. The van der Waals surface area contributed by atoms with Gasteiger partial charge in [0, 0.05) is 28.1 Å². The molecule has 1 fully saturated rings. The Hall–Kier alpha value is -0.900. The lowest BCUT2D eigenvalue weighted by atomic mass is 9.98. The molecule has 1 aromatic carbocycles. The van der Waals surface area contributed by atoms with Crippen molar-refractivity contribution in [2.45, 2.75) is 12.5 Å². The van der Waals surface area contributed by atoms with Crippen molar-refractivity contribution in [1.82, 2.24) is 0 Å². The van der Waals surface area contributed by atoms with Gasteiger partial charge in [-0.1, -0.05) is 18.2 Å². The summed E-state index contributed by atoms with van der Waals surface area (Å²) < 4.78 is 6.72. The van der Waals surface area contributed by atoms with Crippen LogP contribution in [-0.4, -0.2) is 13.2 Å². The van der Waals surface area contributed by atoms with Gasteiger partial charge < -0.3 is 10.5 Å². The summed E-state index contributed by atoms with van der Waals surface area (Å²) in [4.78, 5) is 1.29. The lowest BCUT2D eigenvalue weighted by Crippen LogP contribution is -2.20. The highest BCUT2D eigenvalue weighted by atomic mass is 32.1. The van der Waals surface area contributed by atoms with Crippen LogP contribution in [0.15, 0.2) is 30.3 Å². The zero-order valence-electron chi connectivity index (χ0n) is 9.06. The lowest BCUT2D eigenvalue weighted by molar-refractivity contribution is 0.181. The average molecular weight is 233 g/mol. The van der Waals surface area contributed by atoms with Crippen molar-refractivity contribution >= 4 is 21.4 Å². The van der Waals surface area contributed by atoms with E-state index in [0.717, 1.165) is 19.6 Å². The molecule has 16 heavy (non-hydrogen) atoms.